The fourth-order valence-corrected chi connectivity index (χ4v) is 2.62. The Balaban J connectivity index is 2.70. The highest BCUT2D eigenvalue weighted by molar-refractivity contribution is 7.12. The lowest BCUT2D eigenvalue weighted by Gasteiger charge is -2.25. The van der Waals surface area contributed by atoms with Crippen molar-refractivity contribution in [1.29, 1.82) is 0 Å². The quantitative estimate of drug-likeness (QED) is 0.799. The molecular formula is C11H19N3OS. The SMILES string of the molecule is CNC(=O)CN(C)C(CN)c1ccc(C)s1. The molecule has 0 bridgehead atoms. The van der Waals surface area contributed by atoms with Crippen LogP contribution in [0.4, 0.5) is 0 Å². The molecule has 0 radical (unpaired) electrons. The lowest BCUT2D eigenvalue weighted by molar-refractivity contribution is -0.121. The zero-order valence-corrected chi connectivity index (χ0v) is 10.8. The van der Waals surface area contributed by atoms with Gasteiger partial charge in [0.15, 0.2) is 0 Å². The number of nitrogens with zero attached hydrogens (tertiary/aromatic N) is 1. The maximum Gasteiger partial charge on any atom is 0.233 e. The summed E-state index contributed by atoms with van der Waals surface area (Å²) in [5.74, 6) is 0.00854. The Bertz CT molecular complexity index is 351. The molecule has 1 aromatic rings. The molecule has 0 spiro atoms. The molecule has 1 aromatic heterocycles. The summed E-state index contributed by atoms with van der Waals surface area (Å²) in [5, 5.41) is 2.61. The minimum absolute atomic E-state index is 0.00854. The number of nitrogens with two attached hydrogens (primary N) is 1. The van der Waals surface area contributed by atoms with Crippen LogP contribution in [0.15, 0.2) is 12.1 Å². The topological polar surface area (TPSA) is 58.4 Å². The van der Waals surface area contributed by atoms with E-state index >= 15 is 0 Å². The van der Waals surface area contributed by atoms with Gasteiger partial charge in [-0.15, -0.1) is 11.3 Å². The second-order valence-electron chi connectivity index (χ2n) is 3.79. The Hall–Kier alpha value is -0.910. The highest BCUT2D eigenvalue weighted by Gasteiger charge is 2.18. The van der Waals surface area contributed by atoms with E-state index in [1.54, 1.807) is 18.4 Å². The summed E-state index contributed by atoms with van der Waals surface area (Å²) in [5.41, 5.74) is 5.77. The van der Waals surface area contributed by atoms with Crippen LogP contribution < -0.4 is 11.1 Å². The van der Waals surface area contributed by atoms with E-state index in [1.807, 2.05) is 11.9 Å². The van der Waals surface area contributed by atoms with Crippen molar-refractivity contribution in [2.45, 2.75) is 13.0 Å². The third kappa shape index (κ3) is 3.30. The number of aryl methyl sites for hydroxylation is 1. The van der Waals surface area contributed by atoms with Gasteiger partial charge >= 0.3 is 0 Å². The number of amides is 1. The molecule has 4 nitrogen and oxygen atoms in total. The van der Waals surface area contributed by atoms with Gasteiger partial charge in [0.25, 0.3) is 0 Å². The Morgan fingerprint density at radius 1 is 1.62 bits per heavy atom. The molecular weight excluding hydrogens is 222 g/mol. The second kappa shape index (κ2) is 5.98. The molecule has 16 heavy (non-hydrogen) atoms. The second-order valence-corrected chi connectivity index (χ2v) is 5.11. The van der Waals surface area contributed by atoms with Crippen LogP contribution in [0.25, 0.3) is 0 Å². The number of hydrogen-bond acceptors (Lipinski definition) is 4. The molecule has 1 rings (SSSR count). The first kappa shape index (κ1) is 13.2. The maximum absolute atomic E-state index is 11.3. The van der Waals surface area contributed by atoms with E-state index < -0.39 is 0 Å². The van der Waals surface area contributed by atoms with Gasteiger partial charge in [0.1, 0.15) is 0 Å². The zero-order valence-electron chi connectivity index (χ0n) is 9.99. The van der Waals surface area contributed by atoms with E-state index in [1.165, 1.54) is 9.75 Å². The summed E-state index contributed by atoms with van der Waals surface area (Å²) in [6.45, 7) is 2.96. The normalized spacial score (nSPS) is 12.8. The predicted molar refractivity (Wildman–Crippen MR) is 67.5 cm³/mol. The highest BCUT2D eigenvalue weighted by Crippen LogP contribution is 2.25. The smallest absolute Gasteiger partial charge is 0.233 e. The van der Waals surface area contributed by atoms with Gasteiger partial charge in [0.2, 0.25) is 5.91 Å². The van der Waals surface area contributed by atoms with Crippen LogP contribution in [0.3, 0.4) is 0 Å². The summed E-state index contributed by atoms with van der Waals surface area (Å²) >= 11 is 1.73. The number of carbonyl (C=O) groups is 1. The van der Waals surface area contributed by atoms with Crippen molar-refractivity contribution < 1.29 is 4.79 Å². The standard InChI is InChI=1S/C11H19N3OS/c1-8-4-5-10(16-8)9(6-12)14(3)7-11(15)13-2/h4-5,9H,6-7,12H2,1-3H3,(H,13,15). The van der Waals surface area contributed by atoms with E-state index in [0.717, 1.165) is 0 Å². The Morgan fingerprint density at radius 2 is 2.31 bits per heavy atom. The van der Waals surface area contributed by atoms with Crippen molar-refractivity contribution >= 4 is 17.2 Å². The molecule has 0 saturated heterocycles. The van der Waals surface area contributed by atoms with Crippen molar-refractivity contribution in [3.63, 3.8) is 0 Å². The first-order valence-electron chi connectivity index (χ1n) is 5.25. The van der Waals surface area contributed by atoms with Crippen molar-refractivity contribution in [2.24, 2.45) is 5.73 Å². The number of likely N-dealkylation sites (N-methyl/N-ethyl adjacent to an activating group) is 2. The minimum Gasteiger partial charge on any atom is -0.358 e. The van der Waals surface area contributed by atoms with Gasteiger partial charge < -0.3 is 11.1 Å². The molecule has 0 aliphatic rings. The molecule has 0 aliphatic heterocycles. The Labute approximate surface area is 100 Å². The van der Waals surface area contributed by atoms with Gasteiger partial charge in [-0.2, -0.15) is 0 Å². The monoisotopic (exact) mass is 241 g/mol. The first-order chi connectivity index (χ1) is 7.58. The molecule has 0 aromatic carbocycles. The predicted octanol–water partition coefficient (Wildman–Crippen LogP) is 0.734. The van der Waals surface area contributed by atoms with E-state index in [9.17, 15) is 4.79 Å². The average Bonchev–Trinajstić information content (AvgIpc) is 2.65. The fraction of sp³-hybridized carbons (Fsp3) is 0.545. The molecule has 0 fully saturated rings. The average molecular weight is 241 g/mol. The van der Waals surface area contributed by atoms with Crippen LogP contribution in [0, 0.1) is 6.92 Å². The summed E-state index contributed by atoms with van der Waals surface area (Å²) in [4.78, 5) is 15.7. The van der Waals surface area contributed by atoms with Crippen LogP contribution >= 0.6 is 11.3 Å². The fourth-order valence-electron chi connectivity index (χ4n) is 1.56. The van der Waals surface area contributed by atoms with Gasteiger partial charge in [0, 0.05) is 23.3 Å². The third-order valence-electron chi connectivity index (χ3n) is 2.52. The molecule has 1 atom stereocenters. The van der Waals surface area contributed by atoms with Gasteiger partial charge in [-0.05, 0) is 26.1 Å². The van der Waals surface area contributed by atoms with Gasteiger partial charge in [-0.25, -0.2) is 0 Å². The van der Waals surface area contributed by atoms with Crippen LogP contribution in [0.1, 0.15) is 15.8 Å². The van der Waals surface area contributed by atoms with Gasteiger partial charge in [-0.3, -0.25) is 9.69 Å². The molecule has 0 saturated carbocycles. The molecule has 0 aliphatic carbocycles. The van der Waals surface area contributed by atoms with Crippen LogP contribution in [0.2, 0.25) is 0 Å². The maximum atomic E-state index is 11.3. The Kier molecular flexibility index (Phi) is 4.92. The lowest BCUT2D eigenvalue weighted by atomic mass is 10.2. The van der Waals surface area contributed by atoms with E-state index in [-0.39, 0.29) is 11.9 Å². The minimum atomic E-state index is 0.00854. The summed E-state index contributed by atoms with van der Waals surface area (Å²) in [6.07, 6.45) is 0. The van der Waals surface area contributed by atoms with Crippen molar-refractivity contribution in [2.75, 3.05) is 27.2 Å². The Morgan fingerprint density at radius 3 is 2.75 bits per heavy atom. The van der Waals surface area contributed by atoms with E-state index in [4.69, 9.17) is 5.73 Å². The van der Waals surface area contributed by atoms with Gasteiger partial charge in [-0.1, -0.05) is 0 Å². The van der Waals surface area contributed by atoms with Crippen LogP contribution in [-0.4, -0.2) is 38.0 Å². The zero-order chi connectivity index (χ0) is 12.1. The summed E-state index contributed by atoms with van der Waals surface area (Å²) < 4.78 is 0. The summed E-state index contributed by atoms with van der Waals surface area (Å²) in [7, 11) is 3.56. The number of nitrogens with one attached hydrogen (secondary N) is 1. The number of rotatable bonds is 5. The molecule has 5 heteroatoms. The number of carbonyl (C=O) groups excluding carboxylic acids is 1. The third-order valence-corrected chi connectivity index (χ3v) is 3.62. The van der Waals surface area contributed by atoms with E-state index in [2.05, 4.69) is 24.4 Å². The largest absolute Gasteiger partial charge is 0.358 e. The highest BCUT2D eigenvalue weighted by atomic mass is 32.1. The summed E-state index contributed by atoms with van der Waals surface area (Å²) in [6, 6.07) is 4.28. The van der Waals surface area contributed by atoms with Crippen LogP contribution in [0.5, 0.6) is 0 Å². The molecule has 90 valence electrons. The van der Waals surface area contributed by atoms with Crippen molar-refractivity contribution in [3.8, 4) is 0 Å². The lowest BCUT2D eigenvalue weighted by Crippen LogP contribution is -2.37. The molecule has 3 N–H and O–H groups in total. The van der Waals surface area contributed by atoms with Crippen LogP contribution in [-0.2, 0) is 4.79 Å². The van der Waals surface area contributed by atoms with Crippen molar-refractivity contribution in [1.82, 2.24) is 10.2 Å². The van der Waals surface area contributed by atoms with Crippen molar-refractivity contribution in [3.05, 3.63) is 21.9 Å². The number of hydrogen-bond donors (Lipinski definition) is 2. The van der Waals surface area contributed by atoms with Gasteiger partial charge in [0.05, 0.1) is 12.6 Å². The molecule has 1 heterocycles. The molecule has 1 unspecified atom stereocenters. The number of thiophene rings is 1. The first-order valence-corrected chi connectivity index (χ1v) is 6.07. The molecule has 1 amide bonds. The van der Waals surface area contributed by atoms with E-state index in [0.29, 0.717) is 13.1 Å².